The summed E-state index contributed by atoms with van der Waals surface area (Å²) < 4.78 is 0. The molecule has 0 saturated carbocycles. The first-order chi connectivity index (χ1) is 10.4. The Kier molecular flexibility index (Phi) is 4.15. The van der Waals surface area contributed by atoms with Crippen LogP contribution in [-0.4, -0.2) is 22.8 Å². The van der Waals surface area contributed by atoms with Crippen LogP contribution in [0, 0.1) is 0 Å². The number of rotatable bonds is 4. The lowest BCUT2D eigenvalue weighted by molar-refractivity contribution is -0.121. The summed E-state index contributed by atoms with van der Waals surface area (Å²) in [5.74, 6) is 0.818. The smallest absolute Gasteiger partial charge is 0.210 e. The maximum atomic E-state index is 11.1. The minimum atomic E-state index is 0.175. The Morgan fingerprint density at radius 3 is 2.71 bits per heavy atom. The number of piperidine rings is 1. The van der Waals surface area contributed by atoms with Crippen LogP contribution in [0.15, 0.2) is 48.7 Å². The third-order valence-electron chi connectivity index (χ3n) is 3.90. The second-order valence-corrected chi connectivity index (χ2v) is 5.32. The second kappa shape index (κ2) is 6.39. The highest BCUT2D eigenvalue weighted by atomic mass is 16.1. The first-order valence-electron chi connectivity index (χ1n) is 7.36. The van der Waals surface area contributed by atoms with Gasteiger partial charge < -0.3 is 10.2 Å². The molecule has 1 atom stereocenters. The Hall–Kier alpha value is -2.36. The highest BCUT2D eigenvalue weighted by Crippen LogP contribution is 2.29. The zero-order valence-corrected chi connectivity index (χ0v) is 11.9. The Balaban J connectivity index is 1.73. The number of anilines is 2. The third kappa shape index (κ3) is 3.21. The average molecular weight is 281 g/mol. The fourth-order valence-corrected chi connectivity index (χ4v) is 2.78. The van der Waals surface area contributed by atoms with E-state index in [9.17, 15) is 4.79 Å². The predicted octanol–water partition coefficient (Wildman–Crippen LogP) is 3.51. The van der Waals surface area contributed by atoms with Gasteiger partial charge in [-0.3, -0.25) is 4.79 Å². The van der Waals surface area contributed by atoms with Gasteiger partial charge in [0.25, 0.3) is 0 Å². The zero-order chi connectivity index (χ0) is 14.5. The number of carbonyl (C=O) groups excluding carboxylic acids is 1. The maximum absolute atomic E-state index is 11.1. The van der Waals surface area contributed by atoms with Crippen LogP contribution in [0.2, 0.25) is 0 Å². The van der Waals surface area contributed by atoms with E-state index in [1.165, 1.54) is 6.42 Å². The van der Waals surface area contributed by atoms with Gasteiger partial charge >= 0.3 is 0 Å². The lowest BCUT2D eigenvalue weighted by atomic mass is 9.97. The number of aromatic nitrogens is 1. The number of benzene rings is 1. The molecule has 0 bridgehead atoms. The summed E-state index contributed by atoms with van der Waals surface area (Å²) in [5, 5.41) is 3.26. The maximum Gasteiger partial charge on any atom is 0.210 e. The van der Waals surface area contributed by atoms with Crippen LogP contribution in [0.5, 0.6) is 0 Å². The van der Waals surface area contributed by atoms with E-state index in [0.29, 0.717) is 0 Å². The summed E-state index contributed by atoms with van der Waals surface area (Å²) in [4.78, 5) is 17.5. The van der Waals surface area contributed by atoms with Crippen LogP contribution in [-0.2, 0) is 4.79 Å². The van der Waals surface area contributed by atoms with E-state index >= 15 is 0 Å². The van der Waals surface area contributed by atoms with E-state index in [2.05, 4.69) is 16.4 Å². The van der Waals surface area contributed by atoms with Crippen LogP contribution >= 0.6 is 0 Å². The predicted molar refractivity (Wildman–Crippen MR) is 83.3 cm³/mol. The van der Waals surface area contributed by atoms with Gasteiger partial charge in [0.1, 0.15) is 5.82 Å². The van der Waals surface area contributed by atoms with Crippen molar-refractivity contribution in [1.82, 2.24) is 9.88 Å². The monoisotopic (exact) mass is 281 g/mol. The quantitative estimate of drug-likeness (QED) is 0.872. The molecule has 1 saturated heterocycles. The summed E-state index contributed by atoms with van der Waals surface area (Å²) in [6, 6.07) is 14.2. The Bertz CT molecular complexity index is 583. The molecule has 0 aliphatic carbocycles. The van der Waals surface area contributed by atoms with E-state index in [1.807, 2.05) is 47.5 Å². The van der Waals surface area contributed by atoms with Gasteiger partial charge in [-0.1, -0.05) is 24.3 Å². The number of carbonyl (C=O) groups is 1. The molecule has 1 aliphatic heterocycles. The van der Waals surface area contributed by atoms with Crippen molar-refractivity contribution >= 4 is 17.9 Å². The van der Waals surface area contributed by atoms with Crippen LogP contribution in [0.25, 0.3) is 0 Å². The Morgan fingerprint density at radius 2 is 2.00 bits per heavy atom. The number of likely N-dealkylation sites (tertiary alicyclic amines) is 1. The van der Waals surface area contributed by atoms with Crippen molar-refractivity contribution in [1.29, 1.82) is 0 Å². The first kappa shape index (κ1) is 13.6. The van der Waals surface area contributed by atoms with Crippen molar-refractivity contribution in [2.24, 2.45) is 0 Å². The third-order valence-corrected chi connectivity index (χ3v) is 3.90. The van der Waals surface area contributed by atoms with Gasteiger partial charge in [-0.2, -0.15) is 0 Å². The number of hydrogen-bond donors (Lipinski definition) is 1. The van der Waals surface area contributed by atoms with Gasteiger partial charge in [-0.15, -0.1) is 0 Å². The average Bonchev–Trinajstić information content (AvgIpc) is 2.56. The summed E-state index contributed by atoms with van der Waals surface area (Å²) in [7, 11) is 0. The molecule has 1 aliphatic rings. The molecule has 1 amide bonds. The normalized spacial score (nSPS) is 18.3. The van der Waals surface area contributed by atoms with Gasteiger partial charge in [0.05, 0.1) is 6.04 Å². The summed E-state index contributed by atoms with van der Waals surface area (Å²) >= 11 is 0. The van der Waals surface area contributed by atoms with Crippen LogP contribution in [0.3, 0.4) is 0 Å². The molecule has 0 unspecified atom stereocenters. The molecule has 4 heteroatoms. The molecule has 3 rings (SSSR count). The summed E-state index contributed by atoms with van der Waals surface area (Å²) in [5.41, 5.74) is 2.13. The SMILES string of the molecule is O=CN1CCCC[C@H]1c1ccc(Nc2ccccc2)nc1. The van der Waals surface area contributed by atoms with Crippen molar-refractivity contribution in [3.63, 3.8) is 0 Å². The molecule has 1 aromatic heterocycles. The van der Waals surface area contributed by atoms with E-state index in [4.69, 9.17) is 0 Å². The Labute approximate surface area is 124 Å². The summed E-state index contributed by atoms with van der Waals surface area (Å²) in [6.45, 7) is 0.845. The van der Waals surface area contributed by atoms with E-state index in [0.717, 1.165) is 42.9 Å². The topological polar surface area (TPSA) is 45.2 Å². The molecule has 0 radical (unpaired) electrons. The fourth-order valence-electron chi connectivity index (χ4n) is 2.78. The zero-order valence-electron chi connectivity index (χ0n) is 11.9. The van der Waals surface area contributed by atoms with Crippen LogP contribution in [0.1, 0.15) is 30.9 Å². The minimum absolute atomic E-state index is 0.175. The number of hydrogen-bond acceptors (Lipinski definition) is 3. The van der Waals surface area contributed by atoms with Crippen molar-refractivity contribution in [2.75, 3.05) is 11.9 Å². The van der Waals surface area contributed by atoms with Gasteiger partial charge in [0, 0.05) is 18.4 Å². The molecular weight excluding hydrogens is 262 g/mol. The molecule has 21 heavy (non-hydrogen) atoms. The molecule has 4 nitrogen and oxygen atoms in total. The molecule has 108 valence electrons. The number of para-hydroxylation sites is 1. The highest BCUT2D eigenvalue weighted by molar-refractivity contribution is 5.56. The van der Waals surface area contributed by atoms with Crippen molar-refractivity contribution in [2.45, 2.75) is 25.3 Å². The van der Waals surface area contributed by atoms with E-state index in [1.54, 1.807) is 0 Å². The van der Waals surface area contributed by atoms with Gasteiger partial charge in [-0.25, -0.2) is 4.98 Å². The first-order valence-corrected chi connectivity index (χ1v) is 7.36. The molecule has 2 heterocycles. The largest absolute Gasteiger partial charge is 0.340 e. The summed E-state index contributed by atoms with van der Waals surface area (Å²) in [6.07, 6.45) is 6.11. The van der Waals surface area contributed by atoms with Gasteiger partial charge in [0.2, 0.25) is 6.41 Å². The molecule has 2 aromatic rings. The molecule has 1 fully saturated rings. The van der Waals surface area contributed by atoms with E-state index < -0.39 is 0 Å². The van der Waals surface area contributed by atoms with Crippen LogP contribution < -0.4 is 5.32 Å². The van der Waals surface area contributed by atoms with Crippen molar-refractivity contribution in [3.8, 4) is 0 Å². The van der Waals surface area contributed by atoms with Crippen molar-refractivity contribution < 1.29 is 4.79 Å². The lowest BCUT2D eigenvalue weighted by Gasteiger charge is -2.32. The van der Waals surface area contributed by atoms with Crippen LogP contribution in [0.4, 0.5) is 11.5 Å². The van der Waals surface area contributed by atoms with Crippen molar-refractivity contribution in [3.05, 3.63) is 54.2 Å². The number of amides is 1. The minimum Gasteiger partial charge on any atom is -0.340 e. The molecule has 0 spiro atoms. The number of nitrogens with one attached hydrogen (secondary N) is 1. The number of nitrogens with zero attached hydrogens (tertiary/aromatic N) is 2. The molecular formula is C17H19N3O. The number of pyridine rings is 1. The Morgan fingerprint density at radius 1 is 1.14 bits per heavy atom. The molecule has 1 aromatic carbocycles. The molecule has 1 N–H and O–H groups in total. The van der Waals surface area contributed by atoms with Gasteiger partial charge in [-0.05, 0) is 43.0 Å². The van der Waals surface area contributed by atoms with Gasteiger partial charge in [0.15, 0.2) is 0 Å². The second-order valence-electron chi connectivity index (χ2n) is 5.32. The van der Waals surface area contributed by atoms with E-state index in [-0.39, 0.29) is 6.04 Å². The lowest BCUT2D eigenvalue weighted by Crippen LogP contribution is -2.32. The fraction of sp³-hybridized carbons (Fsp3) is 0.294. The standard InChI is InChI=1S/C17H19N3O/c21-13-20-11-5-4-8-16(20)14-9-10-17(18-12-14)19-15-6-2-1-3-7-15/h1-3,6-7,9-10,12-13,16H,4-5,8,11H2,(H,18,19)/t16-/m0/s1. The highest BCUT2D eigenvalue weighted by Gasteiger charge is 2.22.